The van der Waals surface area contributed by atoms with Gasteiger partial charge in [-0.15, -0.1) is 0 Å². The third-order valence-electron chi connectivity index (χ3n) is 3.57. The van der Waals surface area contributed by atoms with E-state index < -0.39 is 23.4 Å². The molecule has 6 heteroatoms. The summed E-state index contributed by atoms with van der Waals surface area (Å²) in [6.07, 6.45) is 2.42. The molecule has 0 aromatic heterocycles. The standard InChI is InChI=1S/C13H15F3N2O/c14-9-4-11(16)12(5-10(9)15)18-13(19)8-3-1-2-7(8)6-17/h4-5,7-8H,1-3,6,17H2,(H,18,19). The van der Waals surface area contributed by atoms with Crippen molar-refractivity contribution in [3.8, 4) is 0 Å². The van der Waals surface area contributed by atoms with Crippen LogP contribution in [-0.4, -0.2) is 12.5 Å². The van der Waals surface area contributed by atoms with Crippen LogP contribution in [0.2, 0.25) is 0 Å². The van der Waals surface area contributed by atoms with E-state index in [1.807, 2.05) is 0 Å². The van der Waals surface area contributed by atoms with Crippen molar-refractivity contribution in [3.05, 3.63) is 29.6 Å². The number of carbonyl (C=O) groups is 1. The molecule has 104 valence electrons. The van der Waals surface area contributed by atoms with Crippen molar-refractivity contribution in [2.45, 2.75) is 19.3 Å². The van der Waals surface area contributed by atoms with Crippen molar-refractivity contribution < 1.29 is 18.0 Å². The summed E-state index contributed by atoms with van der Waals surface area (Å²) in [5, 5.41) is 2.31. The van der Waals surface area contributed by atoms with Crippen LogP contribution in [0.25, 0.3) is 0 Å². The van der Waals surface area contributed by atoms with Crippen LogP contribution in [-0.2, 0) is 4.79 Å². The SMILES string of the molecule is NCC1CCCC1C(=O)Nc1cc(F)c(F)cc1F. The van der Waals surface area contributed by atoms with E-state index in [1.54, 1.807) is 0 Å². The minimum Gasteiger partial charge on any atom is -0.330 e. The summed E-state index contributed by atoms with van der Waals surface area (Å²) in [5.74, 6) is -4.09. The first-order chi connectivity index (χ1) is 9.02. The first kappa shape index (κ1) is 13.9. The lowest BCUT2D eigenvalue weighted by Gasteiger charge is -2.17. The van der Waals surface area contributed by atoms with Crippen molar-refractivity contribution >= 4 is 11.6 Å². The summed E-state index contributed by atoms with van der Waals surface area (Å²) in [6, 6.07) is 1.06. The maximum absolute atomic E-state index is 13.4. The Morgan fingerprint density at radius 2 is 1.89 bits per heavy atom. The quantitative estimate of drug-likeness (QED) is 0.830. The second-order valence-corrected chi connectivity index (χ2v) is 4.77. The molecule has 1 aromatic rings. The maximum Gasteiger partial charge on any atom is 0.227 e. The Bertz CT molecular complexity index is 493. The van der Waals surface area contributed by atoms with Crippen molar-refractivity contribution in [3.63, 3.8) is 0 Å². The van der Waals surface area contributed by atoms with E-state index in [0.717, 1.165) is 12.8 Å². The molecule has 1 aliphatic rings. The highest BCUT2D eigenvalue weighted by atomic mass is 19.2. The van der Waals surface area contributed by atoms with Crippen LogP contribution in [0.15, 0.2) is 12.1 Å². The van der Waals surface area contributed by atoms with Gasteiger partial charge < -0.3 is 11.1 Å². The van der Waals surface area contributed by atoms with Crippen LogP contribution in [0.3, 0.4) is 0 Å². The number of rotatable bonds is 3. The van der Waals surface area contributed by atoms with Gasteiger partial charge in [0, 0.05) is 18.1 Å². The van der Waals surface area contributed by atoms with E-state index in [-0.39, 0.29) is 17.5 Å². The van der Waals surface area contributed by atoms with Gasteiger partial charge in [0.05, 0.1) is 5.69 Å². The topological polar surface area (TPSA) is 55.1 Å². The van der Waals surface area contributed by atoms with Crippen LogP contribution >= 0.6 is 0 Å². The van der Waals surface area contributed by atoms with Crippen molar-refractivity contribution in [2.75, 3.05) is 11.9 Å². The molecule has 0 radical (unpaired) electrons. The fourth-order valence-electron chi connectivity index (χ4n) is 2.51. The molecule has 1 amide bonds. The third-order valence-corrected chi connectivity index (χ3v) is 3.57. The monoisotopic (exact) mass is 272 g/mol. The molecule has 0 aliphatic heterocycles. The summed E-state index contributed by atoms with van der Waals surface area (Å²) in [6.45, 7) is 0.387. The average Bonchev–Trinajstić information content (AvgIpc) is 2.84. The van der Waals surface area contributed by atoms with E-state index in [4.69, 9.17) is 5.73 Å². The number of halogens is 3. The Hall–Kier alpha value is -1.56. The van der Waals surface area contributed by atoms with E-state index in [2.05, 4.69) is 5.32 Å². The molecule has 3 nitrogen and oxygen atoms in total. The number of amides is 1. The number of hydrogen-bond acceptors (Lipinski definition) is 2. The van der Waals surface area contributed by atoms with E-state index in [9.17, 15) is 18.0 Å². The van der Waals surface area contributed by atoms with Gasteiger partial charge in [-0.05, 0) is 25.3 Å². The summed E-state index contributed by atoms with van der Waals surface area (Å²) < 4.78 is 39.2. The fourth-order valence-corrected chi connectivity index (χ4v) is 2.51. The molecule has 2 atom stereocenters. The Balaban J connectivity index is 2.13. The molecule has 1 saturated carbocycles. The average molecular weight is 272 g/mol. The maximum atomic E-state index is 13.4. The summed E-state index contributed by atoms with van der Waals surface area (Å²) in [4.78, 5) is 12.0. The summed E-state index contributed by atoms with van der Waals surface area (Å²) in [5.41, 5.74) is 5.22. The predicted molar refractivity (Wildman–Crippen MR) is 64.8 cm³/mol. The molecular weight excluding hydrogens is 257 g/mol. The Kier molecular flexibility index (Phi) is 4.09. The highest BCUT2D eigenvalue weighted by Crippen LogP contribution is 2.32. The van der Waals surface area contributed by atoms with Crippen molar-refractivity contribution in [1.82, 2.24) is 0 Å². The number of hydrogen-bond donors (Lipinski definition) is 2. The second-order valence-electron chi connectivity index (χ2n) is 4.77. The molecule has 1 fully saturated rings. The van der Waals surface area contributed by atoms with Crippen molar-refractivity contribution in [2.24, 2.45) is 17.6 Å². The lowest BCUT2D eigenvalue weighted by Crippen LogP contribution is -2.30. The minimum absolute atomic E-state index is 0.0633. The van der Waals surface area contributed by atoms with Crippen LogP contribution in [0.1, 0.15) is 19.3 Å². The molecule has 0 spiro atoms. The van der Waals surface area contributed by atoms with Gasteiger partial charge in [-0.25, -0.2) is 13.2 Å². The second kappa shape index (κ2) is 5.61. The molecule has 0 bridgehead atoms. The predicted octanol–water partition coefficient (Wildman–Crippen LogP) is 2.42. The molecule has 19 heavy (non-hydrogen) atoms. The van der Waals surface area contributed by atoms with Gasteiger partial charge in [0.2, 0.25) is 5.91 Å². The number of nitrogens with one attached hydrogen (secondary N) is 1. The van der Waals surface area contributed by atoms with Gasteiger partial charge in [0.1, 0.15) is 5.82 Å². The number of carbonyl (C=O) groups excluding carboxylic acids is 1. The zero-order valence-corrected chi connectivity index (χ0v) is 10.3. The molecule has 1 aliphatic carbocycles. The Morgan fingerprint density at radius 3 is 2.58 bits per heavy atom. The summed E-state index contributed by atoms with van der Waals surface area (Å²) in [7, 11) is 0. The smallest absolute Gasteiger partial charge is 0.227 e. The minimum atomic E-state index is -1.28. The van der Waals surface area contributed by atoms with Crippen LogP contribution in [0, 0.1) is 29.3 Å². The summed E-state index contributed by atoms with van der Waals surface area (Å²) >= 11 is 0. The Labute approximate surface area is 109 Å². The largest absolute Gasteiger partial charge is 0.330 e. The fraction of sp³-hybridized carbons (Fsp3) is 0.462. The van der Waals surface area contributed by atoms with Gasteiger partial charge in [-0.2, -0.15) is 0 Å². The molecule has 0 heterocycles. The number of anilines is 1. The van der Waals surface area contributed by atoms with E-state index >= 15 is 0 Å². The highest BCUT2D eigenvalue weighted by Gasteiger charge is 2.32. The number of nitrogens with two attached hydrogens (primary N) is 1. The zero-order chi connectivity index (χ0) is 14.0. The molecular formula is C13H15F3N2O. The van der Waals surface area contributed by atoms with Gasteiger partial charge in [-0.1, -0.05) is 6.42 Å². The van der Waals surface area contributed by atoms with Crippen molar-refractivity contribution in [1.29, 1.82) is 0 Å². The van der Waals surface area contributed by atoms with Crippen LogP contribution < -0.4 is 11.1 Å². The van der Waals surface area contributed by atoms with Crippen LogP contribution in [0.4, 0.5) is 18.9 Å². The van der Waals surface area contributed by atoms with Gasteiger partial charge in [-0.3, -0.25) is 4.79 Å². The molecule has 2 rings (SSSR count). The third kappa shape index (κ3) is 2.89. The molecule has 3 N–H and O–H groups in total. The van der Waals surface area contributed by atoms with E-state index in [0.29, 0.717) is 25.1 Å². The molecule has 1 aromatic carbocycles. The first-order valence-electron chi connectivity index (χ1n) is 6.18. The lowest BCUT2D eigenvalue weighted by molar-refractivity contribution is -0.120. The van der Waals surface area contributed by atoms with Gasteiger partial charge >= 0.3 is 0 Å². The Morgan fingerprint density at radius 1 is 1.21 bits per heavy atom. The normalized spacial score (nSPS) is 22.5. The van der Waals surface area contributed by atoms with Gasteiger partial charge in [0.15, 0.2) is 11.6 Å². The van der Waals surface area contributed by atoms with E-state index in [1.165, 1.54) is 0 Å². The van der Waals surface area contributed by atoms with Gasteiger partial charge in [0.25, 0.3) is 0 Å². The zero-order valence-electron chi connectivity index (χ0n) is 10.3. The molecule has 2 unspecified atom stereocenters. The van der Waals surface area contributed by atoms with Crippen LogP contribution in [0.5, 0.6) is 0 Å². The number of benzene rings is 1. The molecule has 0 saturated heterocycles. The first-order valence-corrected chi connectivity index (χ1v) is 6.18. The lowest BCUT2D eigenvalue weighted by atomic mass is 9.95. The highest BCUT2D eigenvalue weighted by molar-refractivity contribution is 5.93.